The van der Waals surface area contributed by atoms with Crippen molar-refractivity contribution in [3.63, 3.8) is 0 Å². The number of hydrogen-bond donors (Lipinski definition) is 2. The first-order valence-electron chi connectivity index (χ1n) is 4.42. The smallest absolute Gasteiger partial charge is 0.268 e. The first kappa shape index (κ1) is 9.90. The van der Waals surface area contributed by atoms with Crippen LogP contribution in [0.3, 0.4) is 0 Å². The maximum Gasteiger partial charge on any atom is 0.268 e. The fourth-order valence-electron chi connectivity index (χ4n) is 1.26. The summed E-state index contributed by atoms with van der Waals surface area (Å²) < 4.78 is 0.663. The highest BCUT2D eigenvalue weighted by Gasteiger charge is 2.03. The molecule has 0 bridgehead atoms. The number of rotatable bonds is 3. The molecule has 0 fully saturated rings. The van der Waals surface area contributed by atoms with Crippen LogP contribution in [0.15, 0.2) is 16.2 Å². The van der Waals surface area contributed by atoms with Crippen molar-refractivity contribution >= 4 is 21.6 Å². The quantitative estimate of drug-likeness (QED) is 0.590. The Morgan fingerprint density at radius 3 is 3.33 bits per heavy atom. The number of hydrogen-bond acceptors (Lipinski definition) is 4. The van der Waals surface area contributed by atoms with E-state index in [2.05, 4.69) is 21.2 Å². The lowest BCUT2D eigenvalue weighted by Gasteiger charge is -2.00. The van der Waals surface area contributed by atoms with Crippen LogP contribution in [0.25, 0.3) is 10.2 Å². The lowest BCUT2D eigenvalue weighted by molar-refractivity contribution is 0.725. The second kappa shape index (κ2) is 4.26. The number of nitrogens with one attached hydrogen (secondary N) is 2. The summed E-state index contributed by atoms with van der Waals surface area (Å²) in [5, 5.41) is 4.82. The summed E-state index contributed by atoms with van der Waals surface area (Å²) in [5.74, 6) is 3.07. The Morgan fingerprint density at radius 1 is 1.67 bits per heavy atom. The third kappa shape index (κ3) is 2.06. The summed E-state index contributed by atoms with van der Waals surface area (Å²) in [6.45, 7) is 0.941. The number of aromatic nitrogens is 2. The Morgan fingerprint density at radius 2 is 2.53 bits per heavy atom. The minimum Gasteiger partial charge on any atom is -0.308 e. The molecule has 2 aromatic heterocycles. The van der Waals surface area contributed by atoms with Crippen molar-refractivity contribution in [2.45, 2.75) is 6.54 Å². The molecule has 2 rings (SSSR count). The van der Waals surface area contributed by atoms with Crippen LogP contribution in [0.4, 0.5) is 0 Å². The number of H-pyrrole nitrogens is 1. The van der Waals surface area contributed by atoms with Crippen LogP contribution in [-0.2, 0) is 6.54 Å². The van der Waals surface area contributed by atoms with Gasteiger partial charge in [0.05, 0.1) is 18.6 Å². The highest BCUT2D eigenvalue weighted by atomic mass is 32.1. The fraction of sp³-hybridized carbons (Fsp3) is 0.200. The van der Waals surface area contributed by atoms with Crippen molar-refractivity contribution in [2.75, 3.05) is 6.54 Å². The Labute approximate surface area is 90.4 Å². The van der Waals surface area contributed by atoms with Crippen LogP contribution in [0.5, 0.6) is 0 Å². The van der Waals surface area contributed by atoms with Gasteiger partial charge in [-0.3, -0.25) is 10.1 Å². The molecule has 15 heavy (non-hydrogen) atoms. The van der Waals surface area contributed by atoms with E-state index in [9.17, 15) is 4.79 Å². The minimum atomic E-state index is -0.0903. The fourth-order valence-corrected chi connectivity index (χ4v) is 1.98. The standard InChI is InChI=1S/C10H9N3OS/c1-2-4-11-6-8-12-7-3-5-15-9(7)10(14)13-8/h1,3,5,11H,4,6H2,(H,12,13,14). The third-order valence-corrected chi connectivity index (χ3v) is 2.79. The highest BCUT2D eigenvalue weighted by molar-refractivity contribution is 7.17. The van der Waals surface area contributed by atoms with Crippen LogP contribution in [0, 0.1) is 12.3 Å². The summed E-state index contributed by atoms with van der Waals surface area (Å²) in [6, 6.07) is 1.83. The number of nitrogens with zero attached hydrogens (tertiary/aromatic N) is 1. The van der Waals surface area contributed by atoms with Gasteiger partial charge in [0, 0.05) is 0 Å². The van der Waals surface area contributed by atoms with Crippen LogP contribution in [0.1, 0.15) is 5.82 Å². The average molecular weight is 219 g/mol. The summed E-state index contributed by atoms with van der Waals surface area (Å²) in [7, 11) is 0. The molecule has 0 aliphatic heterocycles. The van der Waals surface area contributed by atoms with Crippen LogP contribution >= 0.6 is 11.3 Å². The van der Waals surface area contributed by atoms with Crippen molar-refractivity contribution < 1.29 is 0 Å². The molecule has 0 radical (unpaired) electrons. The zero-order valence-corrected chi connectivity index (χ0v) is 8.73. The predicted molar refractivity (Wildman–Crippen MR) is 60.8 cm³/mol. The lowest BCUT2D eigenvalue weighted by atomic mass is 10.4. The van der Waals surface area contributed by atoms with Crippen LogP contribution in [-0.4, -0.2) is 16.5 Å². The first-order valence-corrected chi connectivity index (χ1v) is 5.30. The van der Waals surface area contributed by atoms with Gasteiger partial charge in [-0.15, -0.1) is 17.8 Å². The number of fused-ring (bicyclic) bond motifs is 1. The summed E-state index contributed by atoms with van der Waals surface area (Å²) >= 11 is 1.39. The molecule has 0 saturated heterocycles. The molecule has 0 aliphatic carbocycles. The van der Waals surface area contributed by atoms with Gasteiger partial charge >= 0.3 is 0 Å². The third-order valence-electron chi connectivity index (χ3n) is 1.88. The molecule has 0 unspecified atom stereocenters. The van der Waals surface area contributed by atoms with Gasteiger partial charge < -0.3 is 4.98 Å². The maximum absolute atomic E-state index is 11.5. The first-order chi connectivity index (χ1) is 7.31. The molecule has 4 nitrogen and oxygen atoms in total. The van der Waals surface area contributed by atoms with Crippen LogP contribution < -0.4 is 10.9 Å². The number of terminal acetylenes is 1. The van der Waals surface area contributed by atoms with E-state index in [-0.39, 0.29) is 5.56 Å². The number of thiophene rings is 1. The zero-order chi connectivity index (χ0) is 10.7. The zero-order valence-electron chi connectivity index (χ0n) is 7.91. The normalized spacial score (nSPS) is 10.3. The van der Waals surface area contributed by atoms with Gasteiger partial charge in [0.1, 0.15) is 10.5 Å². The highest BCUT2D eigenvalue weighted by Crippen LogP contribution is 2.13. The van der Waals surface area contributed by atoms with Crippen molar-refractivity contribution in [1.29, 1.82) is 0 Å². The number of aromatic amines is 1. The second-order valence-electron chi connectivity index (χ2n) is 2.96. The molecule has 2 aromatic rings. The van der Waals surface area contributed by atoms with Crippen molar-refractivity contribution in [3.8, 4) is 12.3 Å². The van der Waals surface area contributed by atoms with E-state index >= 15 is 0 Å². The van der Waals surface area contributed by atoms with E-state index in [4.69, 9.17) is 6.42 Å². The van der Waals surface area contributed by atoms with Gasteiger partial charge in [-0.2, -0.15) is 0 Å². The molecule has 0 aromatic carbocycles. The molecular weight excluding hydrogens is 210 g/mol. The molecule has 0 spiro atoms. The summed E-state index contributed by atoms with van der Waals surface area (Å²) in [4.78, 5) is 18.5. The monoisotopic (exact) mass is 219 g/mol. The van der Waals surface area contributed by atoms with Crippen LogP contribution in [0.2, 0.25) is 0 Å². The SMILES string of the molecule is C#CCNCc1nc2ccsc2c(=O)[nH]1. The summed E-state index contributed by atoms with van der Waals surface area (Å²) in [6.07, 6.45) is 5.09. The van der Waals surface area contributed by atoms with E-state index in [1.165, 1.54) is 11.3 Å². The molecule has 0 saturated carbocycles. The summed E-state index contributed by atoms with van der Waals surface area (Å²) in [5.41, 5.74) is 0.647. The van der Waals surface area contributed by atoms with E-state index < -0.39 is 0 Å². The Balaban J connectivity index is 2.30. The van der Waals surface area contributed by atoms with E-state index in [1.807, 2.05) is 11.4 Å². The molecule has 0 aliphatic rings. The van der Waals surface area contributed by atoms with Crippen molar-refractivity contribution in [1.82, 2.24) is 15.3 Å². The molecule has 5 heteroatoms. The minimum absolute atomic E-state index is 0.0903. The van der Waals surface area contributed by atoms with E-state index in [1.54, 1.807) is 0 Å². The Bertz CT molecular complexity index is 564. The molecular formula is C10H9N3OS. The van der Waals surface area contributed by atoms with Crippen molar-refractivity contribution in [2.24, 2.45) is 0 Å². The topological polar surface area (TPSA) is 57.8 Å². The molecule has 76 valence electrons. The van der Waals surface area contributed by atoms with Gasteiger partial charge in [0.2, 0.25) is 0 Å². The van der Waals surface area contributed by atoms with E-state index in [0.29, 0.717) is 23.6 Å². The van der Waals surface area contributed by atoms with Gasteiger partial charge in [-0.25, -0.2) is 4.98 Å². The Kier molecular flexibility index (Phi) is 2.81. The average Bonchev–Trinajstić information content (AvgIpc) is 2.66. The Hall–Kier alpha value is -1.64. The van der Waals surface area contributed by atoms with E-state index in [0.717, 1.165) is 5.52 Å². The van der Waals surface area contributed by atoms with Gasteiger partial charge in [-0.05, 0) is 11.4 Å². The maximum atomic E-state index is 11.5. The molecule has 0 amide bonds. The predicted octanol–water partition coefficient (Wildman–Crippen LogP) is 0.707. The van der Waals surface area contributed by atoms with Gasteiger partial charge in [-0.1, -0.05) is 5.92 Å². The largest absolute Gasteiger partial charge is 0.308 e. The molecule has 0 atom stereocenters. The molecule has 2 heterocycles. The van der Waals surface area contributed by atoms with Crippen molar-refractivity contribution in [3.05, 3.63) is 27.6 Å². The molecule has 2 N–H and O–H groups in total. The van der Waals surface area contributed by atoms with Gasteiger partial charge in [0.25, 0.3) is 5.56 Å². The lowest BCUT2D eigenvalue weighted by Crippen LogP contribution is -2.19. The second-order valence-corrected chi connectivity index (χ2v) is 3.87. The van der Waals surface area contributed by atoms with Gasteiger partial charge in [0.15, 0.2) is 0 Å².